The van der Waals surface area contributed by atoms with Crippen LogP contribution in [0.25, 0.3) is 10.9 Å². The number of aryl methyl sites for hydroxylation is 1. The highest BCUT2D eigenvalue weighted by Gasteiger charge is 2.48. The number of nitrogens with zero attached hydrogens (tertiary/aromatic N) is 4. The molecule has 0 saturated carbocycles. The lowest BCUT2D eigenvalue weighted by atomic mass is 9.74. The van der Waals surface area contributed by atoms with Gasteiger partial charge >= 0.3 is 6.03 Å². The Morgan fingerprint density at radius 1 is 1.23 bits per heavy atom. The summed E-state index contributed by atoms with van der Waals surface area (Å²) >= 11 is 0. The molecule has 0 aliphatic carbocycles. The first kappa shape index (κ1) is 15.6. The molecule has 3 amide bonds. The van der Waals surface area contributed by atoms with Crippen LogP contribution in [0.15, 0.2) is 12.1 Å². The first-order valence-electron chi connectivity index (χ1n) is 8.70. The molecule has 1 aromatic heterocycles. The van der Waals surface area contributed by atoms with Crippen LogP contribution in [0.2, 0.25) is 0 Å². The van der Waals surface area contributed by atoms with Crippen LogP contribution in [0.3, 0.4) is 0 Å². The van der Waals surface area contributed by atoms with Crippen molar-refractivity contribution in [1.82, 2.24) is 20.4 Å². The Kier molecular flexibility index (Phi) is 3.09. The number of carbonyl (C=O) groups is 2. The highest BCUT2D eigenvalue weighted by atomic mass is 19.1. The first-order valence-corrected chi connectivity index (χ1v) is 8.70. The number of imide groups is 1. The molecule has 0 atom stereocenters. The van der Waals surface area contributed by atoms with Crippen LogP contribution in [0.4, 0.5) is 20.7 Å². The Bertz CT molecular complexity index is 942. The van der Waals surface area contributed by atoms with Gasteiger partial charge < -0.3 is 10.2 Å². The Morgan fingerprint density at radius 3 is 2.65 bits per heavy atom. The molecule has 1 aromatic carbocycles. The van der Waals surface area contributed by atoms with E-state index in [4.69, 9.17) is 0 Å². The summed E-state index contributed by atoms with van der Waals surface area (Å²) in [6, 6.07) is 3.05. The summed E-state index contributed by atoms with van der Waals surface area (Å²) in [5.41, 5.74) is 1.25. The van der Waals surface area contributed by atoms with E-state index in [0.29, 0.717) is 27.8 Å². The number of hydrogen-bond acceptors (Lipinski definition) is 5. The number of urea groups is 1. The highest BCUT2D eigenvalue weighted by Crippen LogP contribution is 2.41. The number of halogens is 1. The lowest BCUT2D eigenvalue weighted by molar-refractivity contribution is -0.120. The van der Waals surface area contributed by atoms with E-state index in [-0.39, 0.29) is 24.7 Å². The lowest BCUT2D eigenvalue weighted by Gasteiger charge is -2.57. The maximum absolute atomic E-state index is 15.2. The van der Waals surface area contributed by atoms with Crippen molar-refractivity contribution in [2.45, 2.75) is 6.42 Å². The van der Waals surface area contributed by atoms with Gasteiger partial charge in [-0.15, -0.1) is 0 Å². The standard InChI is InChI=1S/C17H19FN6O2/c1-22-14-10(15(21-22)24-5-4-12(25)20-16(24)26)2-3-11(13(14)18)23-8-17(9-23)6-19-7-17/h2-3,19H,4-9H2,1H3,(H,20,25,26). The summed E-state index contributed by atoms with van der Waals surface area (Å²) in [6.45, 7) is 3.92. The average molecular weight is 358 g/mol. The van der Waals surface area contributed by atoms with Gasteiger partial charge in [0.2, 0.25) is 5.91 Å². The molecule has 9 heteroatoms. The molecule has 0 unspecified atom stereocenters. The van der Waals surface area contributed by atoms with Gasteiger partial charge in [0.15, 0.2) is 11.6 Å². The molecule has 3 aliphatic rings. The molecule has 3 aliphatic heterocycles. The topological polar surface area (TPSA) is 82.5 Å². The molecule has 26 heavy (non-hydrogen) atoms. The third kappa shape index (κ3) is 2.06. The molecule has 5 rings (SSSR count). The second-order valence-electron chi connectivity index (χ2n) is 7.46. The first-order chi connectivity index (χ1) is 12.5. The van der Waals surface area contributed by atoms with E-state index in [1.165, 1.54) is 9.58 Å². The maximum atomic E-state index is 15.2. The van der Waals surface area contributed by atoms with Crippen molar-refractivity contribution in [2.24, 2.45) is 12.5 Å². The Morgan fingerprint density at radius 2 is 2.00 bits per heavy atom. The molecule has 4 heterocycles. The van der Waals surface area contributed by atoms with Crippen LogP contribution in [0, 0.1) is 11.2 Å². The Hall–Kier alpha value is -2.68. The predicted molar refractivity (Wildman–Crippen MR) is 93.7 cm³/mol. The largest absolute Gasteiger partial charge is 0.368 e. The fourth-order valence-electron chi connectivity index (χ4n) is 4.14. The number of anilines is 2. The molecular weight excluding hydrogens is 339 g/mol. The normalized spacial score (nSPS) is 21.8. The zero-order valence-electron chi connectivity index (χ0n) is 14.4. The number of fused-ring (bicyclic) bond motifs is 1. The summed E-state index contributed by atoms with van der Waals surface area (Å²) in [5.74, 6) is -0.252. The number of hydrogen-bond donors (Lipinski definition) is 2. The maximum Gasteiger partial charge on any atom is 0.329 e. The van der Waals surface area contributed by atoms with Crippen LogP contribution < -0.4 is 20.4 Å². The smallest absolute Gasteiger partial charge is 0.329 e. The minimum Gasteiger partial charge on any atom is -0.368 e. The van der Waals surface area contributed by atoms with E-state index in [0.717, 1.165) is 26.2 Å². The monoisotopic (exact) mass is 358 g/mol. The van der Waals surface area contributed by atoms with Crippen molar-refractivity contribution < 1.29 is 14.0 Å². The van der Waals surface area contributed by atoms with Crippen LogP contribution in [-0.4, -0.2) is 54.4 Å². The number of nitrogens with one attached hydrogen (secondary N) is 2. The molecule has 0 bridgehead atoms. The molecular formula is C17H19FN6O2. The molecule has 0 radical (unpaired) electrons. The van der Waals surface area contributed by atoms with E-state index in [1.54, 1.807) is 13.1 Å². The molecule has 136 valence electrons. The predicted octanol–water partition coefficient (Wildman–Crippen LogP) is 0.568. The fourth-order valence-corrected chi connectivity index (χ4v) is 4.14. The molecule has 3 fully saturated rings. The van der Waals surface area contributed by atoms with Gasteiger partial charge in [-0.3, -0.25) is 19.7 Å². The van der Waals surface area contributed by atoms with Crippen LogP contribution in [-0.2, 0) is 11.8 Å². The van der Waals surface area contributed by atoms with Gasteiger partial charge in [0, 0.05) is 57.0 Å². The van der Waals surface area contributed by atoms with Crippen molar-refractivity contribution >= 4 is 34.3 Å². The van der Waals surface area contributed by atoms with Crippen molar-refractivity contribution in [3.05, 3.63) is 17.9 Å². The summed E-state index contributed by atoms with van der Waals surface area (Å²) in [6.07, 6.45) is 0.203. The number of rotatable bonds is 2. The SMILES string of the molecule is Cn1nc(N2CCC(=O)NC2=O)c2ccc(N3CC4(CNC4)C3)c(F)c21. The van der Waals surface area contributed by atoms with Crippen molar-refractivity contribution in [3.63, 3.8) is 0 Å². The van der Waals surface area contributed by atoms with Crippen molar-refractivity contribution in [3.8, 4) is 0 Å². The van der Waals surface area contributed by atoms with Gasteiger partial charge in [0.05, 0.1) is 5.69 Å². The van der Waals surface area contributed by atoms with Gasteiger partial charge in [-0.2, -0.15) is 5.10 Å². The molecule has 1 spiro atoms. The fraction of sp³-hybridized carbons (Fsp3) is 0.471. The van der Waals surface area contributed by atoms with E-state index >= 15 is 4.39 Å². The zero-order valence-corrected chi connectivity index (χ0v) is 14.4. The van der Waals surface area contributed by atoms with Gasteiger partial charge in [0.25, 0.3) is 0 Å². The van der Waals surface area contributed by atoms with E-state index in [9.17, 15) is 9.59 Å². The quantitative estimate of drug-likeness (QED) is 0.820. The highest BCUT2D eigenvalue weighted by molar-refractivity contribution is 6.09. The summed E-state index contributed by atoms with van der Waals surface area (Å²) < 4.78 is 16.7. The minimum atomic E-state index is -0.520. The number of carbonyl (C=O) groups excluding carboxylic acids is 2. The number of benzene rings is 1. The molecule has 3 saturated heterocycles. The summed E-state index contributed by atoms with van der Waals surface area (Å²) in [7, 11) is 1.67. The van der Waals surface area contributed by atoms with Crippen molar-refractivity contribution in [2.75, 3.05) is 42.5 Å². The number of amides is 3. The van der Waals surface area contributed by atoms with Crippen molar-refractivity contribution in [1.29, 1.82) is 0 Å². The third-order valence-corrected chi connectivity index (χ3v) is 5.61. The van der Waals surface area contributed by atoms with Gasteiger partial charge in [-0.25, -0.2) is 9.18 Å². The zero-order chi connectivity index (χ0) is 18.1. The summed E-state index contributed by atoms with van der Waals surface area (Å²) in [5, 5.41) is 10.5. The second kappa shape index (κ2) is 5.16. The Labute approximate surface area is 148 Å². The summed E-state index contributed by atoms with van der Waals surface area (Å²) in [4.78, 5) is 26.9. The minimum absolute atomic E-state index is 0.203. The number of aromatic nitrogens is 2. The van der Waals surface area contributed by atoms with E-state index < -0.39 is 6.03 Å². The van der Waals surface area contributed by atoms with Gasteiger partial charge in [0.1, 0.15) is 5.52 Å². The van der Waals surface area contributed by atoms with Crippen LogP contribution in [0.1, 0.15) is 6.42 Å². The van der Waals surface area contributed by atoms with Gasteiger partial charge in [-0.05, 0) is 12.1 Å². The molecule has 8 nitrogen and oxygen atoms in total. The second-order valence-corrected chi connectivity index (χ2v) is 7.46. The van der Waals surface area contributed by atoms with Gasteiger partial charge in [-0.1, -0.05) is 0 Å². The third-order valence-electron chi connectivity index (χ3n) is 5.61. The van der Waals surface area contributed by atoms with E-state index in [1.807, 2.05) is 6.07 Å². The van der Waals surface area contributed by atoms with Crippen LogP contribution in [0.5, 0.6) is 0 Å². The average Bonchev–Trinajstić information content (AvgIpc) is 2.84. The van der Waals surface area contributed by atoms with Crippen LogP contribution >= 0.6 is 0 Å². The Balaban J connectivity index is 1.52. The van der Waals surface area contributed by atoms with E-state index in [2.05, 4.69) is 20.6 Å². The molecule has 2 N–H and O–H groups in total. The lowest BCUT2D eigenvalue weighted by Crippen LogP contribution is -2.71. The molecule has 2 aromatic rings.